The minimum Gasteiger partial charge on any atom is -0.490 e. The van der Waals surface area contributed by atoms with E-state index in [1.54, 1.807) is 12.4 Å². The number of nitrogens with zero attached hydrogens (tertiary/aromatic N) is 2. The summed E-state index contributed by atoms with van der Waals surface area (Å²) < 4.78 is 7.97. The Morgan fingerprint density at radius 3 is 3.04 bits per heavy atom. The molecule has 0 amide bonds. The SMILES string of the molecule is CC(C)NCCOc1ccncc1-n1ccc2c1CCCC2=O. The Morgan fingerprint density at radius 2 is 2.22 bits per heavy atom. The second-order valence-electron chi connectivity index (χ2n) is 6.12. The first-order chi connectivity index (χ1) is 11.2. The monoisotopic (exact) mass is 313 g/mol. The van der Waals surface area contributed by atoms with Crippen molar-refractivity contribution in [1.29, 1.82) is 0 Å². The zero-order valence-corrected chi connectivity index (χ0v) is 13.7. The first-order valence-electron chi connectivity index (χ1n) is 8.21. The van der Waals surface area contributed by atoms with Crippen LogP contribution in [0.4, 0.5) is 0 Å². The van der Waals surface area contributed by atoms with Crippen molar-refractivity contribution in [1.82, 2.24) is 14.9 Å². The third-order valence-electron chi connectivity index (χ3n) is 4.04. The van der Waals surface area contributed by atoms with Crippen molar-refractivity contribution in [2.24, 2.45) is 0 Å². The van der Waals surface area contributed by atoms with Crippen molar-refractivity contribution in [3.63, 3.8) is 0 Å². The van der Waals surface area contributed by atoms with Crippen LogP contribution in [0.2, 0.25) is 0 Å². The summed E-state index contributed by atoms with van der Waals surface area (Å²) >= 11 is 0. The number of nitrogens with one attached hydrogen (secondary N) is 1. The molecule has 0 bridgehead atoms. The minimum atomic E-state index is 0.234. The molecule has 1 aliphatic rings. The van der Waals surface area contributed by atoms with Crippen LogP contribution in [-0.2, 0) is 6.42 Å². The number of pyridine rings is 1. The maximum Gasteiger partial charge on any atom is 0.164 e. The fourth-order valence-electron chi connectivity index (χ4n) is 2.94. The Labute approximate surface area is 136 Å². The Bertz CT molecular complexity index is 691. The van der Waals surface area contributed by atoms with Crippen LogP contribution < -0.4 is 10.1 Å². The van der Waals surface area contributed by atoms with Crippen LogP contribution in [0.25, 0.3) is 5.69 Å². The summed E-state index contributed by atoms with van der Waals surface area (Å²) in [7, 11) is 0. The molecule has 0 spiro atoms. The summed E-state index contributed by atoms with van der Waals surface area (Å²) in [5.74, 6) is 1.03. The molecule has 0 atom stereocenters. The van der Waals surface area contributed by atoms with E-state index >= 15 is 0 Å². The van der Waals surface area contributed by atoms with Crippen molar-refractivity contribution in [3.05, 3.63) is 42.0 Å². The minimum absolute atomic E-state index is 0.234. The number of rotatable bonds is 6. The number of carbonyl (C=O) groups is 1. The van der Waals surface area contributed by atoms with Crippen LogP contribution in [0.15, 0.2) is 30.7 Å². The normalized spacial score (nSPS) is 14.1. The molecule has 0 aliphatic heterocycles. The lowest BCUT2D eigenvalue weighted by Gasteiger charge is -2.17. The number of fused-ring (bicyclic) bond motifs is 1. The largest absolute Gasteiger partial charge is 0.490 e. The number of hydrogen-bond donors (Lipinski definition) is 1. The highest BCUT2D eigenvalue weighted by Gasteiger charge is 2.22. The molecule has 0 saturated carbocycles. The van der Waals surface area contributed by atoms with Gasteiger partial charge in [0.1, 0.15) is 18.0 Å². The molecule has 0 unspecified atom stereocenters. The van der Waals surface area contributed by atoms with Gasteiger partial charge in [0, 0.05) is 48.7 Å². The van der Waals surface area contributed by atoms with Gasteiger partial charge in [-0.3, -0.25) is 9.78 Å². The van der Waals surface area contributed by atoms with Crippen LogP contribution in [0.3, 0.4) is 0 Å². The molecule has 2 aromatic rings. The van der Waals surface area contributed by atoms with Crippen molar-refractivity contribution in [3.8, 4) is 11.4 Å². The van der Waals surface area contributed by atoms with E-state index < -0.39 is 0 Å². The van der Waals surface area contributed by atoms with Crippen molar-refractivity contribution in [2.75, 3.05) is 13.2 Å². The molecule has 3 rings (SSSR count). The average molecular weight is 313 g/mol. The molecule has 0 radical (unpaired) electrons. The summed E-state index contributed by atoms with van der Waals surface area (Å²) in [4.78, 5) is 16.2. The van der Waals surface area contributed by atoms with Crippen LogP contribution in [0, 0.1) is 0 Å². The van der Waals surface area contributed by atoms with E-state index in [0.717, 1.165) is 42.1 Å². The Kier molecular flexibility index (Phi) is 4.76. The van der Waals surface area contributed by atoms with Gasteiger partial charge in [0.25, 0.3) is 0 Å². The average Bonchev–Trinajstić information content (AvgIpc) is 2.97. The van der Waals surface area contributed by atoms with E-state index in [1.807, 2.05) is 22.9 Å². The van der Waals surface area contributed by atoms with Gasteiger partial charge in [0.2, 0.25) is 0 Å². The fraction of sp³-hybridized carbons (Fsp3) is 0.444. The quantitative estimate of drug-likeness (QED) is 0.833. The molecule has 23 heavy (non-hydrogen) atoms. The second kappa shape index (κ2) is 6.96. The fourth-order valence-corrected chi connectivity index (χ4v) is 2.94. The third-order valence-corrected chi connectivity index (χ3v) is 4.04. The van der Waals surface area contributed by atoms with Gasteiger partial charge in [-0.05, 0) is 18.9 Å². The predicted octanol–water partition coefficient (Wildman–Crippen LogP) is 2.77. The van der Waals surface area contributed by atoms with E-state index in [4.69, 9.17) is 4.74 Å². The zero-order chi connectivity index (χ0) is 16.2. The smallest absolute Gasteiger partial charge is 0.164 e. The maximum atomic E-state index is 12.0. The van der Waals surface area contributed by atoms with Crippen molar-refractivity contribution in [2.45, 2.75) is 39.2 Å². The molecule has 2 aromatic heterocycles. The highest BCUT2D eigenvalue weighted by atomic mass is 16.5. The van der Waals surface area contributed by atoms with Gasteiger partial charge < -0.3 is 14.6 Å². The van der Waals surface area contributed by atoms with Gasteiger partial charge in [-0.25, -0.2) is 0 Å². The standard InChI is InChI=1S/C18H23N3O2/c1-13(2)20-9-11-23-18-6-8-19-12-16(18)21-10-7-14-15(21)4-3-5-17(14)22/h6-8,10,12-13,20H,3-5,9,11H2,1-2H3. The lowest BCUT2D eigenvalue weighted by Crippen LogP contribution is -2.27. The van der Waals surface area contributed by atoms with E-state index in [9.17, 15) is 4.79 Å². The van der Waals surface area contributed by atoms with Gasteiger partial charge in [-0.15, -0.1) is 0 Å². The highest BCUT2D eigenvalue weighted by molar-refractivity contribution is 5.98. The first-order valence-corrected chi connectivity index (χ1v) is 8.21. The molecule has 0 fully saturated rings. The van der Waals surface area contributed by atoms with E-state index in [2.05, 4.69) is 24.1 Å². The number of carbonyl (C=O) groups excluding carboxylic acids is 1. The summed E-state index contributed by atoms with van der Waals surface area (Å²) in [6.45, 7) is 5.61. The number of aromatic nitrogens is 2. The van der Waals surface area contributed by atoms with Crippen LogP contribution in [0.5, 0.6) is 5.75 Å². The van der Waals surface area contributed by atoms with Crippen LogP contribution in [0.1, 0.15) is 42.7 Å². The summed E-state index contributed by atoms with van der Waals surface area (Å²) in [6, 6.07) is 4.23. The molecule has 5 heteroatoms. The van der Waals surface area contributed by atoms with Gasteiger partial charge >= 0.3 is 0 Å². The molecule has 1 aliphatic carbocycles. The summed E-state index contributed by atoms with van der Waals surface area (Å²) in [5, 5.41) is 3.33. The molecule has 0 aromatic carbocycles. The molecule has 1 N–H and O–H groups in total. The molecule has 2 heterocycles. The maximum absolute atomic E-state index is 12.0. The topological polar surface area (TPSA) is 56.1 Å². The lowest BCUT2D eigenvalue weighted by molar-refractivity contribution is 0.0972. The van der Waals surface area contributed by atoms with Gasteiger partial charge in [0.15, 0.2) is 5.78 Å². The lowest BCUT2D eigenvalue weighted by atomic mass is 9.97. The van der Waals surface area contributed by atoms with Gasteiger partial charge in [-0.1, -0.05) is 13.8 Å². The Balaban J connectivity index is 1.82. The molecule has 0 saturated heterocycles. The van der Waals surface area contributed by atoms with E-state index in [-0.39, 0.29) is 5.78 Å². The van der Waals surface area contributed by atoms with Crippen molar-refractivity contribution < 1.29 is 9.53 Å². The Morgan fingerprint density at radius 1 is 1.35 bits per heavy atom. The number of hydrogen-bond acceptors (Lipinski definition) is 4. The van der Waals surface area contributed by atoms with Crippen LogP contribution in [-0.4, -0.2) is 34.5 Å². The van der Waals surface area contributed by atoms with Crippen LogP contribution >= 0.6 is 0 Å². The molecule has 5 nitrogen and oxygen atoms in total. The molecular formula is C18H23N3O2. The first kappa shape index (κ1) is 15.7. The number of Topliss-reactive ketones (excluding diaryl/α,β-unsaturated/α-hetero) is 1. The Hall–Kier alpha value is -2.14. The molecular weight excluding hydrogens is 290 g/mol. The highest BCUT2D eigenvalue weighted by Crippen LogP contribution is 2.29. The summed E-state index contributed by atoms with van der Waals surface area (Å²) in [5.41, 5.74) is 2.81. The van der Waals surface area contributed by atoms with E-state index in [0.29, 0.717) is 19.1 Å². The molecule has 122 valence electrons. The predicted molar refractivity (Wildman–Crippen MR) is 89.5 cm³/mol. The number of ketones is 1. The van der Waals surface area contributed by atoms with E-state index in [1.165, 1.54) is 0 Å². The van der Waals surface area contributed by atoms with Gasteiger partial charge in [0.05, 0.1) is 6.20 Å². The second-order valence-corrected chi connectivity index (χ2v) is 6.12. The number of ether oxygens (including phenoxy) is 1. The zero-order valence-electron chi connectivity index (χ0n) is 13.7. The summed E-state index contributed by atoms with van der Waals surface area (Å²) in [6.07, 6.45) is 7.95. The van der Waals surface area contributed by atoms with Gasteiger partial charge in [-0.2, -0.15) is 0 Å². The third kappa shape index (κ3) is 3.45. The van der Waals surface area contributed by atoms with Crippen molar-refractivity contribution >= 4 is 5.78 Å².